The highest BCUT2D eigenvalue weighted by Gasteiger charge is 2.07. The third-order valence-electron chi connectivity index (χ3n) is 1.99. The number of aromatic nitrogens is 2. The minimum absolute atomic E-state index is 0.420. The molecule has 0 fully saturated rings. The Kier molecular flexibility index (Phi) is 2.91. The molecule has 80 valence electrons. The Hall–Kier alpha value is -2.23. The third-order valence-corrected chi connectivity index (χ3v) is 1.99. The van der Waals surface area contributed by atoms with Crippen LogP contribution in [0, 0.1) is 6.92 Å². The van der Waals surface area contributed by atoms with E-state index in [2.05, 4.69) is 9.97 Å². The molecule has 16 heavy (non-hydrogen) atoms. The highest BCUT2D eigenvalue weighted by molar-refractivity contribution is 5.90. The van der Waals surface area contributed by atoms with Gasteiger partial charge in [0.25, 0.3) is 0 Å². The zero-order valence-electron chi connectivity index (χ0n) is 8.75. The Labute approximate surface area is 92.9 Å². The molecule has 0 saturated heterocycles. The molecule has 4 nitrogen and oxygen atoms in total. The molecule has 0 aromatic carbocycles. The summed E-state index contributed by atoms with van der Waals surface area (Å²) in [4.78, 5) is 19.5. The van der Waals surface area contributed by atoms with E-state index in [-0.39, 0.29) is 0 Å². The lowest BCUT2D eigenvalue weighted by molar-refractivity contribution is 0.0733. The number of rotatable bonds is 2. The fourth-order valence-electron chi connectivity index (χ4n) is 1.16. The van der Waals surface area contributed by atoms with Gasteiger partial charge in [-0.1, -0.05) is 0 Å². The largest absolute Gasteiger partial charge is 0.421 e. The molecule has 0 bridgehead atoms. The second-order valence-corrected chi connectivity index (χ2v) is 3.27. The maximum Gasteiger partial charge on any atom is 0.345 e. The lowest BCUT2D eigenvalue weighted by Gasteiger charge is -2.03. The third kappa shape index (κ3) is 2.42. The molecule has 4 heteroatoms. The van der Waals surface area contributed by atoms with Crippen LogP contribution in [0.25, 0.3) is 0 Å². The Morgan fingerprint density at radius 2 is 2.12 bits per heavy atom. The highest BCUT2D eigenvalue weighted by atomic mass is 16.5. The molecule has 2 rings (SSSR count). The van der Waals surface area contributed by atoms with Crippen molar-refractivity contribution in [2.75, 3.05) is 0 Å². The van der Waals surface area contributed by atoms with Crippen LogP contribution in [-0.4, -0.2) is 15.9 Å². The van der Waals surface area contributed by atoms with Crippen LogP contribution in [0.5, 0.6) is 5.75 Å². The summed E-state index contributed by atoms with van der Waals surface area (Å²) in [5, 5.41) is 0. The maximum absolute atomic E-state index is 11.6. The van der Waals surface area contributed by atoms with Crippen molar-refractivity contribution in [1.82, 2.24) is 9.97 Å². The van der Waals surface area contributed by atoms with Crippen molar-refractivity contribution in [2.45, 2.75) is 6.92 Å². The van der Waals surface area contributed by atoms with Crippen LogP contribution in [0.2, 0.25) is 0 Å². The number of ether oxygens (including phenoxy) is 1. The summed E-state index contributed by atoms with van der Waals surface area (Å²) in [6, 6.07) is 6.82. The van der Waals surface area contributed by atoms with Gasteiger partial charge in [0.15, 0.2) is 0 Å². The van der Waals surface area contributed by atoms with E-state index >= 15 is 0 Å². The van der Waals surface area contributed by atoms with Crippen LogP contribution in [0.4, 0.5) is 0 Å². The van der Waals surface area contributed by atoms with Crippen molar-refractivity contribution < 1.29 is 9.53 Å². The van der Waals surface area contributed by atoms with Crippen LogP contribution in [0.15, 0.2) is 42.9 Å². The van der Waals surface area contributed by atoms with Gasteiger partial charge in [-0.25, -0.2) is 4.79 Å². The SMILES string of the molecule is Cc1ccc(OC(=O)c2cccnc2)cn1. The van der Waals surface area contributed by atoms with Gasteiger partial charge < -0.3 is 4.74 Å². The first-order valence-electron chi connectivity index (χ1n) is 4.80. The molecule has 2 aromatic heterocycles. The lowest BCUT2D eigenvalue weighted by atomic mass is 10.3. The molecule has 0 aliphatic carbocycles. The molecule has 2 aromatic rings. The number of hydrogen-bond donors (Lipinski definition) is 0. The van der Waals surface area contributed by atoms with Crippen molar-refractivity contribution >= 4 is 5.97 Å². The highest BCUT2D eigenvalue weighted by Crippen LogP contribution is 2.11. The molecule has 0 spiro atoms. The standard InChI is InChI=1S/C12H10N2O2/c1-9-4-5-11(8-14-9)16-12(15)10-3-2-6-13-7-10/h2-8H,1H3. The molecule has 0 aliphatic rings. The normalized spacial score (nSPS) is 9.81. The molecule has 0 N–H and O–H groups in total. The van der Waals surface area contributed by atoms with E-state index in [1.807, 2.05) is 6.92 Å². The van der Waals surface area contributed by atoms with Gasteiger partial charge in [0.05, 0.1) is 11.8 Å². The van der Waals surface area contributed by atoms with Crippen LogP contribution in [0.3, 0.4) is 0 Å². The lowest BCUT2D eigenvalue weighted by Crippen LogP contribution is -2.08. The van der Waals surface area contributed by atoms with E-state index in [4.69, 9.17) is 4.74 Å². The van der Waals surface area contributed by atoms with Crippen LogP contribution in [-0.2, 0) is 0 Å². The Bertz CT molecular complexity index is 480. The van der Waals surface area contributed by atoms with Gasteiger partial charge in [-0.3, -0.25) is 9.97 Å². The quantitative estimate of drug-likeness (QED) is 0.717. The Morgan fingerprint density at radius 1 is 1.25 bits per heavy atom. The molecule has 0 atom stereocenters. The predicted molar refractivity (Wildman–Crippen MR) is 58.2 cm³/mol. The van der Waals surface area contributed by atoms with Crippen molar-refractivity contribution in [2.24, 2.45) is 0 Å². The number of aryl methyl sites for hydroxylation is 1. The monoisotopic (exact) mass is 214 g/mol. The van der Waals surface area contributed by atoms with E-state index in [1.54, 1.807) is 30.5 Å². The second-order valence-electron chi connectivity index (χ2n) is 3.27. The minimum atomic E-state index is -0.432. The van der Waals surface area contributed by atoms with E-state index in [9.17, 15) is 4.79 Å². The van der Waals surface area contributed by atoms with E-state index in [0.29, 0.717) is 11.3 Å². The summed E-state index contributed by atoms with van der Waals surface area (Å²) >= 11 is 0. The number of pyridine rings is 2. The average molecular weight is 214 g/mol. The van der Waals surface area contributed by atoms with Gasteiger partial charge in [-0.05, 0) is 31.2 Å². The Balaban J connectivity index is 2.11. The van der Waals surface area contributed by atoms with Gasteiger partial charge in [0, 0.05) is 18.1 Å². The Morgan fingerprint density at radius 3 is 2.75 bits per heavy atom. The summed E-state index contributed by atoms with van der Waals surface area (Å²) in [6.07, 6.45) is 4.58. The zero-order valence-corrected chi connectivity index (χ0v) is 8.75. The summed E-state index contributed by atoms with van der Waals surface area (Å²) in [5.41, 5.74) is 1.30. The van der Waals surface area contributed by atoms with Crippen molar-refractivity contribution in [3.63, 3.8) is 0 Å². The van der Waals surface area contributed by atoms with Crippen LogP contribution < -0.4 is 4.74 Å². The average Bonchev–Trinajstić information content (AvgIpc) is 2.33. The number of hydrogen-bond acceptors (Lipinski definition) is 4. The molecule has 2 heterocycles. The molecule has 0 aliphatic heterocycles. The predicted octanol–water partition coefficient (Wildman–Crippen LogP) is 2.00. The summed E-state index contributed by atoms with van der Waals surface area (Å²) in [7, 11) is 0. The summed E-state index contributed by atoms with van der Waals surface area (Å²) in [5.74, 6) is -0.00166. The van der Waals surface area contributed by atoms with Gasteiger partial charge >= 0.3 is 5.97 Å². The molecular weight excluding hydrogens is 204 g/mol. The topological polar surface area (TPSA) is 52.1 Å². The number of esters is 1. The fraction of sp³-hybridized carbons (Fsp3) is 0.0833. The molecule has 0 unspecified atom stereocenters. The van der Waals surface area contributed by atoms with Crippen molar-refractivity contribution in [1.29, 1.82) is 0 Å². The molecule has 0 saturated carbocycles. The number of carbonyl (C=O) groups is 1. The van der Waals surface area contributed by atoms with Crippen LogP contribution >= 0.6 is 0 Å². The molecule has 0 radical (unpaired) electrons. The maximum atomic E-state index is 11.6. The van der Waals surface area contributed by atoms with Gasteiger partial charge in [-0.2, -0.15) is 0 Å². The van der Waals surface area contributed by atoms with Gasteiger partial charge in [0.2, 0.25) is 0 Å². The molecule has 0 amide bonds. The smallest absolute Gasteiger partial charge is 0.345 e. The first kappa shape index (κ1) is 10.3. The zero-order chi connectivity index (χ0) is 11.4. The minimum Gasteiger partial charge on any atom is -0.421 e. The fourth-order valence-corrected chi connectivity index (χ4v) is 1.16. The number of carbonyl (C=O) groups excluding carboxylic acids is 1. The van der Waals surface area contributed by atoms with Gasteiger partial charge in [-0.15, -0.1) is 0 Å². The van der Waals surface area contributed by atoms with Crippen LogP contribution in [0.1, 0.15) is 16.1 Å². The first-order valence-corrected chi connectivity index (χ1v) is 4.80. The molecular formula is C12H10N2O2. The van der Waals surface area contributed by atoms with Gasteiger partial charge in [0.1, 0.15) is 5.75 Å². The van der Waals surface area contributed by atoms with E-state index < -0.39 is 5.97 Å². The van der Waals surface area contributed by atoms with Crippen molar-refractivity contribution in [3.8, 4) is 5.75 Å². The van der Waals surface area contributed by atoms with E-state index in [0.717, 1.165) is 5.69 Å². The number of nitrogens with zero attached hydrogens (tertiary/aromatic N) is 2. The summed E-state index contributed by atoms with van der Waals surface area (Å²) in [6.45, 7) is 1.87. The summed E-state index contributed by atoms with van der Waals surface area (Å²) < 4.78 is 5.11. The first-order chi connectivity index (χ1) is 7.75. The van der Waals surface area contributed by atoms with E-state index in [1.165, 1.54) is 12.4 Å². The second kappa shape index (κ2) is 4.53. The van der Waals surface area contributed by atoms with Crippen molar-refractivity contribution in [3.05, 3.63) is 54.1 Å².